The van der Waals surface area contributed by atoms with Crippen molar-refractivity contribution in [2.24, 2.45) is 0 Å². The number of benzene rings is 1. The second kappa shape index (κ2) is 5.73. The Morgan fingerprint density at radius 1 is 1.47 bits per heavy atom. The fraction of sp³-hybridized carbons (Fsp3) is 0.300. The van der Waals surface area contributed by atoms with Gasteiger partial charge in [0.25, 0.3) is 0 Å². The molecule has 0 unspecified atom stereocenters. The van der Waals surface area contributed by atoms with Crippen LogP contribution < -0.4 is 0 Å². The summed E-state index contributed by atoms with van der Waals surface area (Å²) in [6.07, 6.45) is 0. The van der Waals surface area contributed by atoms with Crippen LogP contribution in [0.4, 0.5) is 0 Å². The Kier molecular flexibility index (Phi) is 4.90. The van der Waals surface area contributed by atoms with Gasteiger partial charge in [-0.2, -0.15) is 0 Å². The van der Waals surface area contributed by atoms with Crippen LogP contribution in [0.15, 0.2) is 12.1 Å². The molecule has 0 spiro atoms. The summed E-state index contributed by atoms with van der Waals surface area (Å²) in [5.74, 6) is -0.384. The van der Waals surface area contributed by atoms with E-state index in [1.165, 1.54) is 0 Å². The first-order chi connectivity index (χ1) is 7.11. The lowest BCUT2D eigenvalue weighted by Gasteiger charge is -2.09. The summed E-state index contributed by atoms with van der Waals surface area (Å²) >= 11 is 15.1. The Balaban J connectivity index is 3.18. The molecule has 0 aliphatic carbocycles. The van der Waals surface area contributed by atoms with E-state index in [-0.39, 0.29) is 5.97 Å². The van der Waals surface area contributed by atoms with Crippen LogP contribution in [0.3, 0.4) is 0 Å². The summed E-state index contributed by atoms with van der Waals surface area (Å²) in [5.41, 5.74) is 1.10. The average Bonchev–Trinajstić information content (AvgIpc) is 2.22. The predicted molar refractivity (Wildman–Crippen MR) is 65.0 cm³/mol. The highest BCUT2D eigenvalue weighted by atomic mass is 79.9. The molecule has 1 aromatic carbocycles. The minimum atomic E-state index is -0.384. The highest BCUT2D eigenvalue weighted by Crippen LogP contribution is 2.30. The van der Waals surface area contributed by atoms with Gasteiger partial charge in [-0.05, 0) is 24.6 Å². The van der Waals surface area contributed by atoms with E-state index in [0.29, 0.717) is 33.1 Å². The minimum absolute atomic E-state index is 0.334. The highest BCUT2D eigenvalue weighted by Gasteiger charge is 2.16. The van der Waals surface area contributed by atoms with Crippen molar-refractivity contribution >= 4 is 45.1 Å². The fourth-order valence-electron chi connectivity index (χ4n) is 1.12. The van der Waals surface area contributed by atoms with Crippen molar-refractivity contribution < 1.29 is 9.53 Å². The molecular weight excluding hydrogens is 303 g/mol. The van der Waals surface area contributed by atoms with Crippen molar-refractivity contribution in [3.05, 3.63) is 33.3 Å². The predicted octanol–water partition coefficient (Wildman–Crippen LogP) is 4.07. The number of halogens is 3. The average molecular weight is 312 g/mol. The van der Waals surface area contributed by atoms with Crippen LogP contribution in [0.1, 0.15) is 22.8 Å². The molecule has 5 heteroatoms. The van der Waals surface area contributed by atoms with Crippen LogP contribution in [-0.2, 0) is 10.1 Å². The van der Waals surface area contributed by atoms with Gasteiger partial charge in [-0.3, -0.25) is 0 Å². The topological polar surface area (TPSA) is 26.3 Å². The van der Waals surface area contributed by atoms with Gasteiger partial charge in [0.05, 0.1) is 22.2 Å². The smallest absolute Gasteiger partial charge is 0.338 e. The van der Waals surface area contributed by atoms with E-state index in [0.717, 1.165) is 0 Å². The molecule has 0 heterocycles. The van der Waals surface area contributed by atoms with E-state index in [1.807, 2.05) is 0 Å². The van der Waals surface area contributed by atoms with Gasteiger partial charge in [0, 0.05) is 5.33 Å². The first-order valence-corrected chi connectivity index (χ1v) is 6.19. The highest BCUT2D eigenvalue weighted by molar-refractivity contribution is 9.08. The van der Waals surface area contributed by atoms with Crippen LogP contribution in [-0.4, -0.2) is 12.6 Å². The molecule has 0 amide bonds. The first kappa shape index (κ1) is 12.8. The Labute approximate surface area is 107 Å². The summed E-state index contributed by atoms with van der Waals surface area (Å²) in [5, 5.41) is 1.28. The lowest BCUT2D eigenvalue weighted by Crippen LogP contribution is -2.07. The van der Waals surface area contributed by atoms with Gasteiger partial charge in [0.2, 0.25) is 0 Å². The molecule has 0 aromatic heterocycles. The van der Waals surface area contributed by atoms with Gasteiger partial charge in [0.15, 0.2) is 0 Å². The summed E-state index contributed by atoms with van der Waals surface area (Å²) in [6, 6.07) is 3.20. The third kappa shape index (κ3) is 2.86. The summed E-state index contributed by atoms with van der Waals surface area (Å²) in [6.45, 7) is 2.09. The molecule has 2 nitrogen and oxygen atoms in total. The van der Waals surface area contributed by atoms with E-state index in [9.17, 15) is 4.79 Å². The zero-order chi connectivity index (χ0) is 11.4. The minimum Gasteiger partial charge on any atom is -0.462 e. The van der Waals surface area contributed by atoms with Crippen molar-refractivity contribution in [2.45, 2.75) is 12.3 Å². The standard InChI is InChI=1S/C10H9BrCl2O2/c1-2-15-10(14)6-3-4-8(12)9(13)7(6)5-11/h3-4H,2,5H2,1H3. The van der Waals surface area contributed by atoms with E-state index in [4.69, 9.17) is 27.9 Å². The SMILES string of the molecule is CCOC(=O)c1ccc(Cl)c(Cl)c1CBr. The van der Waals surface area contributed by atoms with Crippen LogP contribution in [0, 0.1) is 0 Å². The maximum Gasteiger partial charge on any atom is 0.338 e. The van der Waals surface area contributed by atoms with E-state index >= 15 is 0 Å². The van der Waals surface area contributed by atoms with Gasteiger partial charge in [-0.25, -0.2) is 4.79 Å². The molecule has 0 aliphatic rings. The van der Waals surface area contributed by atoms with Crippen molar-refractivity contribution in [2.75, 3.05) is 6.61 Å². The molecule has 82 valence electrons. The van der Waals surface area contributed by atoms with E-state index in [1.54, 1.807) is 19.1 Å². The Bertz CT molecular complexity index is 380. The maximum atomic E-state index is 11.5. The lowest BCUT2D eigenvalue weighted by atomic mass is 10.1. The Hall–Kier alpha value is -0.250. The molecule has 0 fully saturated rings. The number of ether oxygens (including phenoxy) is 1. The number of rotatable bonds is 3. The molecule has 0 saturated heterocycles. The molecule has 15 heavy (non-hydrogen) atoms. The van der Waals surface area contributed by atoms with Crippen LogP contribution in [0.2, 0.25) is 10.0 Å². The number of hydrogen-bond acceptors (Lipinski definition) is 2. The second-order valence-corrected chi connectivity index (χ2v) is 4.09. The zero-order valence-electron chi connectivity index (χ0n) is 8.02. The van der Waals surface area contributed by atoms with Crippen molar-refractivity contribution in [3.63, 3.8) is 0 Å². The van der Waals surface area contributed by atoms with Gasteiger partial charge in [-0.1, -0.05) is 39.1 Å². The van der Waals surface area contributed by atoms with Crippen LogP contribution in [0.5, 0.6) is 0 Å². The molecule has 0 saturated carbocycles. The van der Waals surface area contributed by atoms with Crippen molar-refractivity contribution in [3.8, 4) is 0 Å². The third-order valence-electron chi connectivity index (χ3n) is 1.83. The third-order valence-corrected chi connectivity index (χ3v) is 3.23. The number of alkyl halides is 1. The van der Waals surface area contributed by atoms with Gasteiger partial charge >= 0.3 is 5.97 Å². The molecular formula is C10H9BrCl2O2. The summed E-state index contributed by atoms with van der Waals surface area (Å²) in [7, 11) is 0. The first-order valence-electron chi connectivity index (χ1n) is 4.31. The lowest BCUT2D eigenvalue weighted by molar-refractivity contribution is 0.0525. The maximum absolute atomic E-state index is 11.5. The van der Waals surface area contributed by atoms with Crippen molar-refractivity contribution in [1.29, 1.82) is 0 Å². The van der Waals surface area contributed by atoms with Gasteiger partial charge in [0.1, 0.15) is 0 Å². The number of carbonyl (C=O) groups is 1. The van der Waals surface area contributed by atoms with Crippen LogP contribution >= 0.6 is 39.1 Å². The summed E-state index contributed by atoms with van der Waals surface area (Å²) in [4.78, 5) is 11.5. The Morgan fingerprint density at radius 2 is 2.13 bits per heavy atom. The quantitative estimate of drug-likeness (QED) is 0.621. The second-order valence-electron chi connectivity index (χ2n) is 2.74. The fourth-order valence-corrected chi connectivity index (χ4v) is 2.28. The number of esters is 1. The molecule has 0 N–H and O–H groups in total. The zero-order valence-corrected chi connectivity index (χ0v) is 11.1. The molecule has 1 aromatic rings. The normalized spacial score (nSPS) is 10.1. The Morgan fingerprint density at radius 3 is 2.67 bits per heavy atom. The molecule has 0 aliphatic heterocycles. The number of hydrogen-bond donors (Lipinski definition) is 0. The van der Waals surface area contributed by atoms with Crippen LogP contribution in [0.25, 0.3) is 0 Å². The molecule has 0 radical (unpaired) electrons. The van der Waals surface area contributed by atoms with Gasteiger partial charge < -0.3 is 4.74 Å². The summed E-state index contributed by atoms with van der Waals surface area (Å²) < 4.78 is 4.90. The van der Waals surface area contributed by atoms with Crippen molar-refractivity contribution in [1.82, 2.24) is 0 Å². The monoisotopic (exact) mass is 310 g/mol. The van der Waals surface area contributed by atoms with E-state index < -0.39 is 0 Å². The number of carbonyl (C=O) groups excluding carboxylic acids is 1. The molecule has 1 rings (SSSR count). The molecule has 0 bridgehead atoms. The van der Waals surface area contributed by atoms with Gasteiger partial charge in [-0.15, -0.1) is 0 Å². The largest absolute Gasteiger partial charge is 0.462 e. The van der Waals surface area contributed by atoms with E-state index in [2.05, 4.69) is 15.9 Å². The molecule has 0 atom stereocenters.